The van der Waals surface area contributed by atoms with Crippen molar-refractivity contribution in [3.63, 3.8) is 0 Å². The predicted octanol–water partition coefficient (Wildman–Crippen LogP) is 3.54. The van der Waals surface area contributed by atoms with Crippen LogP contribution in [-0.4, -0.2) is 36.3 Å². The summed E-state index contributed by atoms with van der Waals surface area (Å²) in [4.78, 5) is 28.5. The number of rotatable bonds is 4. The van der Waals surface area contributed by atoms with Crippen LogP contribution in [0.5, 0.6) is 0 Å². The van der Waals surface area contributed by atoms with Gasteiger partial charge in [0.2, 0.25) is 0 Å². The lowest BCUT2D eigenvalue weighted by atomic mass is 9.92. The standard InChI is InChI=1S/C20H22N4O2S/c1-20(15-8-4-2-5-9-15)18(25)24(19(26)22-20)21-14-16-10-11-17(27-16)23-12-6-3-7-13-23/h2,4-5,8-11,14H,3,6-7,12-13H2,1H3,(H,22,26)/b21-14-/t20-/m0/s1. The van der Waals surface area contributed by atoms with Crippen molar-refractivity contribution < 1.29 is 9.59 Å². The molecule has 1 atom stereocenters. The Morgan fingerprint density at radius 3 is 2.56 bits per heavy atom. The monoisotopic (exact) mass is 382 g/mol. The molecule has 7 heteroatoms. The number of imide groups is 1. The Balaban J connectivity index is 1.50. The van der Waals surface area contributed by atoms with E-state index in [1.807, 2.05) is 36.4 Å². The molecule has 0 radical (unpaired) electrons. The van der Waals surface area contributed by atoms with E-state index in [-0.39, 0.29) is 5.91 Å². The maximum absolute atomic E-state index is 12.8. The van der Waals surface area contributed by atoms with Crippen molar-refractivity contribution in [3.05, 3.63) is 52.9 Å². The van der Waals surface area contributed by atoms with Gasteiger partial charge in [0.05, 0.1) is 11.2 Å². The quantitative estimate of drug-likeness (QED) is 0.650. The van der Waals surface area contributed by atoms with Crippen LogP contribution in [0.15, 0.2) is 47.6 Å². The van der Waals surface area contributed by atoms with E-state index in [2.05, 4.69) is 21.4 Å². The zero-order valence-corrected chi connectivity index (χ0v) is 16.0. The fourth-order valence-corrected chi connectivity index (χ4v) is 4.43. The van der Waals surface area contributed by atoms with Gasteiger partial charge in [0, 0.05) is 18.0 Å². The Hall–Kier alpha value is -2.67. The summed E-state index contributed by atoms with van der Waals surface area (Å²) in [5.41, 5.74) is -0.353. The lowest BCUT2D eigenvalue weighted by Crippen LogP contribution is -2.40. The molecule has 3 amide bonds. The number of piperidine rings is 1. The van der Waals surface area contributed by atoms with Crippen molar-refractivity contribution in [1.82, 2.24) is 10.3 Å². The molecule has 1 aromatic heterocycles. The molecule has 2 fully saturated rings. The molecule has 2 saturated heterocycles. The summed E-state index contributed by atoms with van der Waals surface area (Å²) in [6.45, 7) is 3.87. The third kappa shape index (κ3) is 3.35. The molecule has 2 aliphatic heterocycles. The van der Waals surface area contributed by atoms with Crippen molar-refractivity contribution in [3.8, 4) is 0 Å². The van der Waals surface area contributed by atoms with E-state index in [0.29, 0.717) is 0 Å². The lowest BCUT2D eigenvalue weighted by Gasteiger charge is -2.27. The third-order valence-electron chi connectivity index (χ3n) is 5.10. The van der Waals surface area contributed by atoms with Gasteiger partial charge in [-0.2, -0.15) is 5.10 Å². The summed E-state index contributed by atoms with van der Waals surface area (Å²) in [5.74, 6) is -0.372. The van der Waals surface area contributed by atoms with E-state index in [1.165, 1.54) is 24.3 Å². The van der Waals surface area contributed by atoms with E-state index in [4.69, 9.17) is 0 Å². The highest BCUT2D eigenvalue weighted by molar-refractivity contribution is 7.17. The molecule has 3 heterocycles. The first-order valence-electron chi connectivity index (χ1n) is 9.19. The Labute approximate surface area is 162 Å². The zero-order valence-electron chi connectivity index (χ0n) is 15.2. The van der Waals surface area contributed by atoms with Gasteiger partial charge in [-0.1, -0.05) is 30.3 Å². The second-order valence-corrected chi connectivity index (χ2v) is 8.10. The zero-order chi connectivity index (χ0) is 18.9. The second kappa shape index (κ2) is 7.15. The largest absolute Gasteiger partial charge is 0.363 e. The number of thiophene rings is 1. The molecule has 1 N–H and O–H groups in total. The highest BCUT2D eigenvalue weighted by Crippen LogP contribution is 2.30. The molecular formula is C20H22N4O2S. The summed E-state index contributed by atoms with van der Waals surface area (Å²) in [5, 5.41) is 9.07. The average molecular weight is 382 g/mol. The lowest BCUT2D eigenvalue weighted by molar-refractivity contribution is -0.131. The minimum Gasteiger partial charge on any atom is -0.363 e. The number of nitrogens with zero attached hydrogens (tertiary/aromatic N) is 3. The maximum Gasteiger partial charge on any atom is 0.346 e. The number of nitrogens with one attached hydrogen (secondary N) is 1. The number of amides is 3. The van der Waals surface area contributed by atoms with Crippen LogP contribution in [0.25, 0.3) is 0 Å². The summed E-state index contributed by atoms with van der Waals surface area (Å²) >= 11 is 1.63. The summed E-state index contributed by atoms with van der Waals surface area (Å²) in [7, 11) is 0. The Morgan fingerprint density at radius 1 is 1.07 bits per heavy atom. The Morgan fingerprint density at radius 2 is 1.81 bits per heavy atom. The topological polar surface area (TPSA) is 65.0 Å². The first kappa shape index (κ1) is 17.7. The predicted molar refractivity (Wildman–Crippen MR) is 107 cm³/mol. The number of hydrogen-bond acceptors (Lipinski definition) is 5. The molecule has 0 unspecified atom stereocenters. The molecule has 2 aromatic rings. The van der Waals surface area contributed by atoms with Crippen LogP contribution in [0.2, 0.25) is 0 Å². The van der Waals surface area contributed by atoms with E-state index < -0.39 is 11.6 Å². The van der Waals surface area contributed by atoms with Gasteiger partial charge in [-0.05, 0) is 43.9 Å². The van der Waals surface area contributed by atoms with Gasteiger partial charge < -0.3 is 10.2 Å². The average Bonchev–Trinajstić information content (AvgIpc) is 3.26. The minimum atomic E-state index is -1.09. The minimum absolute atomic E-state index is 0.372. The SMILES string of the molecule is C[C@@]1(c2ccccc2)NC(=O)N(/N=C\c2ccc(N3CCCCC3)s2)C1=O. The number of hydrogen-bond donors (Lipinski definition) is 1. The van der Waals surface area contributed by atoms with Crippen LogP contribution >= 0.6 is 11.3 Å². The number of benzene rings is 1. The van der Waals surface area contributed by atoms with Crippen LogP contribution in [0.3, 0.4) is 0 Å². The van der Waals surface area contributed by atoms with Gasteiger partial charge in [0.15, 0.2) is 0 Å². The molecule has 6 nitrogen and oxygen atoms in total. The number of hydrazone groups is 1. The van der Waals surface area contributed by atoms with E-state index in [9.17, 15) is 9.59 Å². The van der Waals surface area contributed by atoms with Crippen molar-refractivity contribution in [2.24, 2.45) is 5.10 Å². The first-order valence-corrected chi connectivity index (χ1v) is 10.0. The summed E-state index contributed by atoms with van der Waals surface area (Å²) in [6, 6.07) is 12.8. The van der Waals surface area contributed by atoms with E-state index in [1.54, 1.807) is 24.5 Å². The Bertz CT molecular complexity index is 873. The number of urea groups is 1. The number of anilines is 1. The molecule has 4 rings (SSSR count). The van der Waals surface area contributed by atoms with Crippen LogP contribution in [-0.2, 0) is 10.3 Å². The fraction of sp³-hybridized carbons (Fsp3) is 0.350. The van der Waals surface area contributed by atoms with Gasteiger partial charge >= 0.3 is 6.03 Å². The third-order valence-corrected chi connectivity index (χ3v) is 6.18. The molecule has 0 bridgehead atoms. The van der Waals surface area contributed by atoms with Crippen molar-refractivity contribution >= 4 is 34.5 Å². The summed E-state index contributed by atoms with van der Waals surface area (Å²) < 4.78 is 0. The van der Waals surface area contributed by atoms with Crippen molar-refractivity contribution in [1.29, 1.82) is 0 Å². The smallest absolute Gasteiger partial charge is 0.346 e. The highest BCUT2D eigenvalue weighted by Gasteiger charge is 2.49. The first-order chi connectivity index (χ1) is 13.1. The van der Waals surface area contributed by atoms with Crippen LogP contribution in [0, 0.1) is 0 Å². The van der Waals surface area contributed by atoms with Crippen LogP contribution in [0.1, 0.15) is 36.6 Å². The number of carbonyl (C=O) groups is 2. The van der Waals surface area contributed by atoms with Gasteiger partial charge in [-0.15, -0.1) is 16.3 Å². The molecule has 0 aliphatic carbocycles. The summed E-state index contributed by atoms with van der Waals surface area (Å²) in [6.07, 6.45) is 5.33. The van der Waals surface area contributed by atoms with Gasteiger partial charge in [0.25, 0.3) is 5.91 Å². The molecular weight excluding hydrogens is 360 g/mol. The molecule has 1 aromatic carbocycles. The van der Waals surface area contributed by atoms with Crippen molar-refractivity contribution in [2.45, 2.75) is 31.7 Å². The highest BCUT2D eigenvalue weighted by atomic mass is 32.1. The molecule has 140 valence electrons. The Kier molecular flexibility index (Phi) is 4.70. The molecule has 0 saturated carbocycles. The molecule has 2 aliphatic rings. The fourth-order valence-electron chi connectivity index (χ4n) is 3.51. The second-order valence-electron chi connectivity index (χ2n) is 7.01. The molecule has 27 heavy (non-hydrogen) atoms. The normalized spacial score (nSPS) is 23.3. The van der Waals surface area contributed by atoms with Crippen LogP contribution < -0.4 is 10.2 Å². The van der Waals surface area contributed by atoms with Gasteiger partial charge in [-0.3, -0.25) is 4.79 Å². The van der Waals surface area contributed by atoms with Crippen LogP contribution in [0.4, 0.5) is 9.80 Å². The molecule has 0 spiro atoms. The maximum atomic E-state index is 12.8. The van der Waals surface area contributed by atoms with E-state index in [0.717, 1.165) is 28.5 Å². The van der Waals surface area contributed by atoms with Crippen molar-refractivity contribution in [2.75, 3.05) is 18.0 Å². The number of carbonyl (C=O) groups excluding carboxylic acids is 2. The van der Waals surface area contributed by atoms with Gasteiger partial charge in [-0.25, -0.2) is 4.79 Å². The van der Waals surface area contributed by atoms with Gasteiger partial charge in [0.1, 0.15) is 5.54 Å². The van der Waals surface area contributed by atoms with E-state index >= 15 is 0 Å².